The predicted molar refractivity (Wildman–Crippen MR) is 81.4 cm³/mol. The molecule has 0 radical (unpaired) electrons. The highest BCUT2D eigenvalue weighted by Gasteiger charge is 2.38. The fourth-order valence-corrected chi connectivity index (χ4v) is 3.16. The molecule has 1 unspecified atom stereocenters. The minimum Gasteiger partial charge on any atom is -0.384 e. The molecule has 1 aliphatic heterocycles. The number of aliphatic hydroxyl groups is 1. The summed E-state index contributed by atoms with van der Waals surface area (Å²) >= 11 is 0. The molecule has 20 heavy (non-hydrogen) atoms. The fourth-order valence-electron chi connectivity index (χ4n) is 3.16. The summed E-state index contributed by atoms with van der Waals surface area (Å²) in [5, 5.41) is 11.0. The van der Waals surface area contributed by atoms with E-state index < -0.39 is 5.60 Å². The second-order valence-corrected chi connectivity index (χ2v) is 5.79. The third-order valence-corrected chi connectivity index (χ3v) is 4.22. The van der Waals surface area contributed by atoms with Crippen LogP contribution < -0.4 is 0 Å². The van der Waals surface area contributed by atoms with Crippen molar-refractivity contribution in [3.8, 4) is 0 Å². The Balaban J connectivity index is 1.74. The van der Waals surface area contributed by atoms with E-state index in [0.717, 1.165) is 25.1 Å². The van der Waals surface area contributed by atoms with Gasteiger partial charge < -0.3 is 5.11 Å². The normalized spacial score (nSPS) is 23.1. The van der Waals surface area contributed by atoms with E-state index in [2.05, 4.69) is 48.2 Å². The van der Waals surface area contributed by atoms with E-state index in [9.17, 15) is 5.11 Å². The molecule has 104 valence electrons. The smallest absolute Gasteiger partial charge is 0.104 e. The maximum absolute atomic E-state index is 11.0. The number of rotatable bonds is 3. The standard InChI is InChI=1S/C18H21NO/c1-15-7-5-6-10-17(15)18(20)11-12-19(14-18)13-16-8-3-2-4-9-16/h2-10,20H,11-14H2,1H3. The molecule has 1 fully saturated rings. The van der Waals surface area contributed by atoms with Crippen molar-refractivity contribution in [3.63, 3.8) is 0 Å². The molecule has 0 aromatic heterocycles. The monoisotopic (exact) mass is 267 g/mol. The van der Waals surface area contributed by atoms with Gasteiger partial charge in [0.1, 0.15) is 5.60 Å². The lowest BCUT2D eigenvalue weighted by atomic mass is 9.89. The van der Waals surface area contributed by atoms with Crippen LogP contribution in [0, 0.1) is 6.92 Å². The number of hydrogen-bond acceptors (Lipinski definition) is 2. The van der Waals surface area contributed by atoms with Crippen molar-refractivity contribution in [1.82, 2.24) is 4.90 Å². The summed E-state index contributed by atoms with van der Waals surface area (Å²) < 4.78 is 0. The Morgan fingerprint density at radius 3 is 2.50 bits per heavy atom. The van der Waals surface area contributed by atoms with Crippen LogP contribution in [-0.2, 0) is 12.1 Å². The molecule has 1 aliphatic rings. The minimum atomic E-state index is -0.694. The molecule has 1 saturated heterocycles. The highest BCUT2D eigenvalue weighted by molar-refractivity contribution is 5.32. The number of β-amino-alcohol motifs (C(OH)–C–C–N with tert-alkyl or cyclic N) is 1. The van der Waals surface area contributed by atoms with Gasteiger partial charge in [0.15, 0.2) is 0 Å². The van der Waals surface area contributed by atoms with E-state index in [1.54, 1.807) is 0 Å². The minimum absolute atomic E-state index is 0.694. The van der Waals surface area contributed by atoms with E-state index >= 15 is 0 Å². The Bertz CT molecular complexity index is 581. The van der Waals surface area contributed by atoms with Crippen LogP contribution in [0.5, 0.6) is 0 Å². The van der Waals surface area contributed by atoms with Crippen LogP contribution in [0.4, 0.5) is 0 Å². The summed E-state index contributed by atoms with van der Waals surface area (Å²) in [6, 6.07) is 18.6. The average Bonchev–Trinajstić information content (AvgIpc) is 2.83. The molecule has 0 saturated carbocycles. The molecule has 2 heteroatoms. The molecular weight excluding hydrogens is 246 g/mol. The summed E-state index contributed by atoms with van der Waals surface area (Å²) in [4.78, 5) is 2.34. The van der Waals surface area contributed by atoms with Gasteiger partial charge in [0.05, 0.1) is 0 Å². The maximum Gasteiger partial charge on any atom is 0.104 e. The first kappa shape index (κ1) is 13.3. The van der Waals surface area contributed by atoms with Gasteiger partial charge in [0, 0.05) is 19.6 Å². The Morgan fingerprint density at radius 1 is 1.05 bits per heavy atom. The van der Waals surface area contributed by atoms with Gasteiger partial charge in [-0.2, -0.15) is 0 Å². The second-order valence-electron chi connectivity index (χ2n) is 5.79. The molecule has 0 amide bonds. The highest BCUT2D eigenvalue weighted by atomic mass is 16.3. The third-order valence-electron chi connectivity index (χ3n) is 4.22. The predicted octanol–water partition coefficient (Wildman–Crippen LogP) is 3.09. The van der Waals surface area contributed by atoms with Crippen molar-refractivity contribution in [2.75, 3.05) is 13.1 Å². The fraction of sp³-hybridized carbons (Fsp3) is 0.333. The zero-order valence-electron chi connectivity index (χ0n) is 11.9. The summed E-state index contributed by atoms with van der Waals surface area (Å²) in [5.74, 6) is 0. The van der Waals surface area contributed by atoms with Gasteiger partial charge in [-0.05, 0) is 30.0 Å². The first-order valence-electron chi connectivity index (χ1n) is 7.22. The van der Waals surface area contributed by atoms with E-state index in [-0.39, 0.29) is 0 Å². The molecule has 2 nitrogen and oxygen atoms in total. The maximum atomic E-state index is 11.0. The molecule has 2 aromatic rings. The third kappa shape index (κ3) is 2.62. The molecule has 1 N–H and O–H groups in total. The first-order chi connectivity index (χ1) is 9.67. The van der Waals surface area contributed by atoms with Crippen LogP contribution in [0.15, 0.2) is 54.6 Å². The molecule has 1 atom stereocenters. The van der Waals surface area contributed by atoms with Gasteiger partial charge in [0.2, 0.25) is 0 Å². The van der Waals surface area contributed by atoms with Crippen molar-refractivity contribution in [2.24, 2.45) is 0 Å². The number of benzene rings is 2. The zero-order chi connectivity index (χ0) is 14.0. The number of hydrogen-bond donors (Lipinski definition) is 1. The highest BCUT2D eigenvalue weighted by Crippen LogP contribution is 2.34. The van der Waals surface area contributed by atoms with Crippen LogP contribution in [0.2, 0.25) is 0 Å². The van der Waals surface area contributed by atoms with Gasteiger partial charge in [-0.3, -0.25) is 4.90 Å². The Morgan fingerprint density at radius 2 is 1.75 bits per heavy atom. The van der Waals surface area contributed by atoms with E-state index in [4.69, 9.17) is 0 Å². The zero-order valence-corrected chi connectivity index (χ0v) is 11.9. The van der Waals surface area contributed by atoms with E-state index in [0.29, 0.717) is 6.54 Å². The van der Waals surface area contributed by atoms with E-state index in [1.165, 1.54) is 11.1 Å². The van der Waals surface area contributed by atoms with Gasteiger partial charge in [-0.1, -0.05) is 54.6 Å². The quantitative estimate of drug-likeness (QED) is 0.923. The van der Waals surface area contributed by atoms with Crippen molar-refractivity contribution < 1.29 is 5.11 Å². The van der Waals surface area contributed by atoms with E-state index in [1.807, 2.05) is 18.2 Å². The summed E-state index contributed by atoms with van der Waals surface area (Å²) in [7, 11) is 0. The Labute approximate surface area is 120 Å². The van der Waals surface area contributed by atoms with Crippen molar-refractivity contribution in [1.29, 1.82) is 0 Å². The lowest BCUT2D eigenvalue weighted by Crippen LogP contribution is -2.31. The van der Waals surface area contributed by atoms with Crippen LogP contribution >= 0.6 is 0 Å². The molecule has 0 aliphatic carbocycles. The van der Waals surface area contributed by atoms with Crippen molar-refractivity contribution in [2.45, 2.75) is 25.5 Å². The number of likely N-dealkylation sites (tertiary alicyclic amines) is 1. The van der Waals surface area contributed by atoms with Gasteiger partial charge in [-0.25, -0.2) is 0 Å². The SMILES string of the molecule is Cc1ccccc1C1(O)CCN(Cc2ccccc2)C1. The summed E-state index contributed by atoms with van der Waals surface area (Å²) in [6.07, 6.45) is 0.810. The van der Waals surface area contributed by atoms with Crippen LogP contribution in [-0.4, -0.2) is 23.1 Å². The van der Waals surface area contributed by atoms with Crippen molar-refractivity contribution in [3.05, 3.63) is 71.3 Å². The van der Waals surface area contributed by atoms with Crippen LogP contribution in [0.25, 0.3) is 0 Å². The van der Waals surface area contributed by atoms with Gasteiger partial charge >= 0.3 is 0 Å². The van der Waals surface area contributed by atoms with Gasteiger partial charge in [-0.15, -0.1) is 0 Å². The number of nitrogens with zero attached hydrogens (tertiary/aromatic N) is 1. The Kier molecular flexibility index (Phi) is 3.60. The second kappa shape index (κ2) is 5.39. The molecule has 1 heterocycles. The molecular formula is C18H21NO. The van der Waals surface area contributed by atoms with Crippen LogP contribution in [0.3, 0.4) is 0 Å². The van der Waals surface area contributed by atoms with Gasteiger partial charge in [0.25, 0.3) is 0 Å². The largest absolute Gasteiger partial charge is 0.384 e. The lowest BCUT2D eigenvalue weighted by molar-refractivity contribution is 0.0447. The number of aryl methyl sites for hydroxylation is 1. The molecule has 0 spiro atoms. The molecule has 3 rings (SSSR count). The lowest BCUT2D eigenvalue weighted by Gasteiger charge is -2.25. The summed E-state index contributed by atoms with van der Waals surface area (Å²) in [6.45, 7) is 4.65. The Hall–Kier alpha value is -1.64. The summed E-state index contributed by atoms with van der Waals surface area (Å²) in [5.41, 5.74) is 2.87. The molecule has 0 bridgehead atoms. The topological polar surface area (TPSA) is 23.5 Å². The average molecular weight is 267 g/mol. The molecule has 2 aromatic carbocycles. The van der Waals surface area contributed by atoms with Crippen LogP contribution in [0.1, 0.15) is 23.1 Å². The first-order valence-corrected chi connectivity index (χ1v) is 7.22. The van der Waals surface area contributed by atoms with Crippen molar-refractivity contribution >= 4 is 0 Å².